The lowest BCUT2D eigenvalue weighted by Gasteiger charge is -2.37. The molecule has 0 aromatic carbocycles. The normalized spacial score (nSPS) is 35.4. The minimum Gasteiger partial charge on any atom is -0.306 e. The molecule has 108 valence electrons. The molecule has 0 bridgehead atoms. The number of ketones is 2. The minimum atomic E-state index is -0.484. The molecule has 0 radical (unpaired) electrons. The van der Waals surface area contributed by atoms with Crippen LogP contribution in [0.5, 0.6) is 0 Å². The van der Waals surface area contributed by atoms with E-state index < -0.39 is 5.41 Å². The van der Waals surface area contributed by atoms with Gasteiger partial charge in [-0.2, -0.15) is 0 Å². The number of allylic oxidation sites excluding steroid dienone is 3. The molecule has 2 unspecified atom stereocenters. The minimum absolute atomic E-state index is 0.188. The molecule has 0 saturated heterocycles. The van der Waals surface area contributed by atoms with Gasteiger partial charge in [0.15, 0.2) is 11.6 Å². The fraction of sp³-hybridized carbons (Fsp3) is 0.647. The van der Waals surface area contributed by atoms with E-state index in [-0.39, 0.29) is 17.5 Å². The molecule has 2 atom stereocenters. The van der Waals surface area contributed by atoms with Crippen molar-refractivity contribution in [1.29, 1.82) is 0 Å². The van der Waals surface area contributed by atoms with Crippen LogP contribution in [0.25, 0.3) is 0 Å². The molecule has 20 heavy (non-hydrogen) atoms. The van der Waals surface area contributed by atoms with Crippen molar-refractivity contribution in [3.05, 3.63) is 23.3 Å². The van der Waals surface area contributed by atoms with Crippen molar-refractivity contribution in [2.24, 2.45) is 11.3 Å². The first-order valence-electron chi connectivity index (χ1n) is 7.68. The van der Waals surface area contributed by atoms with E-state index in [1.807, 2.05) is 6.92 Å². The van der Waals surface area contributed by atoms with Gasteiger partial charge in [0.25, 0.3) is 0 Å². The molecule has 0 aromatic rings. The summed E-state index contributed by atoms with van der Waals surface area (Å²) < 4.78 is 0. The van der Waals surface area contributed by atoms with Gasteiger partial charge >= 0.3 is 0 Å². The van der Waals surface area contributed by atoms with Gasteiger partial charge in [-0.05, 0) is 58.2 Å². The van der Waals surface area contributed by atoms with E-state index in [9.17, 15) is 9.59 Å². The molecule has 3 nitrogen and oxygen atoms in total. The van der Waals surface area contributed by atoms with Crippen LogP contribution in [0.1, 0.15) is 39.0 Å². The summed E-state index contributed by atoms with van der Waals surface area (Å²) in [6.45, 7) is 4.00. The van der Waals surface area contributed by atoms with Crippen molar-refractivity contribution in [2.45, 2.75) is 39.0 Å². The molecule has 3 rings (SSSR count). The van der Waals surface area contributed by atoms with Gasteiger partial charge < -0.3 is 4.90 Å². The summed E-state index contributed by atoms with van der Waals surface area (Å²) in [6, 6.07) is 0. The molecular weight excluding hydrogens is 250 g/mol. The second-order valence-corrected chi connectivity index (χ2v) is 6.67. The number of Topliss-reactive ketones (excluding diaryl/α,β-unsaturated/α-hetero) is 1. The monoisotopic (exact) mass is 273 g/mol. The number of nitrogens with zero attached hydrogens (tertiary/aromatic N) is 1. The van der Waals surface area contributed by atoms with Gasteiger partial charge in [0.2, 0.25) is 0 Å². The first kappa shape index (κ1) is 13.7. The first-order chi connectivity index (χ1) is 9.54. The highest BCUT2D eigenvalue weighted by Gasteiger charge is 2.55. The van der Waals surface area contributed by atoms with Crippen LogP contribution < -0.4 is 0 Å². The van der Waals surface area contributed by atoms with E-state index >= 15 is 0 Å². The van der Waals surface area contributed by atoms with Gasteiger partial charge in [-0.15, -0.1) is 0 Å². The lowest BCUT2D eigenvalue weighted by molar-refractivity contribution is -0.125. The number of carbonyl (C=O) groups is 2. The summed E-state index contributed by atoms with van der Waals surface area (Å²) in [4.78, 5) is 27.5. The fourth-order valence-corrected chi connectivity index (χ4v) is 4.28. The topological polar surface area (TPSA) is 37.4 Å². The van der Waals surface area contributed by atoms with Crippen LogP contribution in [0, 0.1) is 11.3 Å². The van der Waals surface area contributed by atoms with Crippen LogP contribution >= 0.6 is 0 Å². The zero-order valence-electron chi connectivity index (χ0n) is 12.4. The number of hydrogen-bond acceptors (Lipinski definition) is 3. The zero-order valence-corrected chi connectivity index (χ0v) is 12.4. The molecule has 3 aliphatic rings. The number of hydrogen-bond donors (Lipinski definition) is 0. The van der Waals surface area contributed by atoms with Crippen molar-refractivity contribution in [3.63, 3.8) is 0 Å². The van der Waals surface area contributed by atoms with Crippen LogP contribution in [0.15, 0.2) is 23.3 Å². The van der Waals surface area contributed by atoms with Gasteiger partial charge in [0.05, 0.1) is 5.41 Å². The maximum Gasteiger partial charge on any atom is 0.166 e. The van der Waals surface area contributed by atoms with Gasteiger partial charge in [-0.3, -0.25) is 9.59 Å². The second kappa shape index (κ2) is 4.96. The maximum absolute atomic E-state index is 12.8. The van der Waals surface area contributed by atoms with E-state index in [1.54, 1.807) is 6.08 Å². The summed E-state index contributed by atoms with van der Waals surface area (Å²) in [7, 11) is 2.11. The third-order valence-electron chi connectivity index (χ3n) is 5.27. The molecule has 1 saturated carbocycles. The summed E-state index contributed by atoms with van der Waals surface area (Å²) >= 11 is 0. The Bertz CT molecular complexity index is 517. The number of carbonyl (C=O) groups excluding carboxylic acids is 2. The van der Waals surface area contributed by atoms with Crippen molar-refractivity contribution in [3.8, 4) is 0 Å². The molecule has 1 fully saturated rings. The van der Waals surface area contributed by atoms with E-state index in [4.69, 9.17) is 0 Å². The van der Waals surface area contributed by atoms with Gasteiger partial charge in [-0.25, -0.2) is 0 Å². The Morgan fingerprint density at radius 1 is 1.25 bits per heavy atom. The number of rotatable bonds is 0. The van der Waals surface area contributed by atoms with Crippen molar-refractivity contribution < 1.29 is 9.59 Å². The average molecular weight is 273 g/mol. The molecule has 0 amide bonds. The first-order valence-corrected chi connectivity index (χ1v) is 7.68. The predicted octanol–water partition coefficient (Wildman–Crippen LogP) is 2.52. The SMILES string of the molecule is CC1=CC(=O)C23CCCN(C)CCC=C2C(=O)CC3C1. The van der Waals surface area contributed by atoms with Crippen molar-refractivity contribution >= 4 is 11.6 Å². The second-order valence-electron chi connectivity index (χ2n) is 6.67. The molecule has 0 aromatic heterocycles. The Balaban J connectivity index is 2.05. The summed E-state index contributed by atoms with van der Waals surface area (Å²) in [5.41, 5.74) is 1.49. The Morgan fingerprint density at radius 2 is 2.05 bits per heavy atom. The van der Waals surface area contributed by atoms with Gasteiger partial charge in [0, 0.05) is 18.5 Å². The third-order valence-corrected chi connectivity index (χ3v) is 5.27. The Kier molecular flexibility index (Phi) is 3.41. The largest absolute Gasteiger partial charge is 0.306 e. The van der Waals surface area contributed by atoms with Gasteiger partial charge in [0.1, 0.15) is 0 Å². The lowest BCUT2D eigenvalue weighted by atomic mass is 9.64. The highest BCUT2D eigenvalue weighted by Crippen LogP contribution is 2.54. The molecule has 1 aliphatic heterocycles. The molecule has 0 N–H and O–H groups in total. The highest BCUT2D eigenvalue weighted by molar-refractivity contribution is 6.11. The smallest absolute Gasteiger partial charge is 0.166 e. The van der Waals surface area contributed by atoms with Crippen molar-refractivity contribution in [1.82, 2.24) is 4.90 Å². The Morgan fingerprint density at radius 3 is 2.85 bits per heavy atom. The zero-order chi connectivity index (χ0) is 14.3. The van der Waals surface area contributed by atoms with Crippen molar-refractivity contribution in [2.75, 3.05) is 20.1 Å². The quantitative estimate of drug-likeness (QED) is 0.680. The van der Waals surface area contributed by atoms with E-state index in [2.05, 4.69) is 18.0 Å². The molecule has 1 spiro atoms. The summed E-state index contributed by atoms with van der Waals surface area (Å²) in [6.07, 6.45) is 8.05. The van der Waals surface area contributed by atoms with Gasteiger partial charge in [-0.1, -0.05) is 11.6 Å². The summed E-state index contributed by atoms with van der Waals surface area (Å²) in [5, 5.41) is 0. The van der Waals surface area contributed by atoms with Crippen LogP contribution in [0.4, 0.5) is 0 Å². The lowest BCUT2D eigenvalue weighted by Crippen LogP contribution is -2.39. The molecule has 3 heteroatoms. The molecular formula is C17H23NO2. The standard InChI is InChI=1S/C17H23NO2/c1-12-9-13-11-15(19)14-5-3-7-18(2)8-4-6-17(13,14)16(20)10-12/h5,10,13H,3-4,6-9,11H2,1-2H3. The van der Waals surface area contributed by atoms with Crippen LogP contribution in [-0.2, 0) is 9.59 Å². The summed E-state index contributed by atoms with van der Waals surface area (Å²) in [5.74, 6) is 0.617. The van der Waals surface area contributed by atoms with Crippen LogP contribution in [0.2, 0.25) is 0 Å². The predicted molar refractivity (Wildman–Crippen MR) is 78.4 cm³/mol. The van der Waals surface area contributed by atoms with Crippen LogP contribution in [-0.4, -0.2) is 36.6 Å². The third kappa shape index (κ3) is 1.99. The van der Waals surface area contributed by atoms with E-state index in [0.717, 1.165) is 49.9 Å². The van der Waals surface area contributed by atoms with E-state index in [1.165, 1.54) is 0 Å². The highest BCUT2D eigenvalue weighted by atomic mass is 16.1. The van der Waals surface area contributed by atoms with Crippen LogP contribution in [0.3, 0.4) is 0 Å². The average Bonchev–Trinajstić information content (AvgIpc) is 2.67. The Hall–Kier alpha value is -1.22. The molecule has 2 aliphatic carbocycles. The Labute approximate surface area is 120 Å². The maximum atomic E-state index is 12.8. The van der Waals surface area contributed by atoms with E-state index in [0.29, 0.717) is 6.42 Å². The molecule has 1 heterocycles. The fourth-order valence-electron chi connectivity index (χ4n) is 4.28.